The number of benzene rings is 8. The third-order valence-electron chi connectivity index (χ3n) is 9.89. The first kappa shape index (κ1) is 29.1. The minimum Gasteiger partial charge on any atom is -0.456 e. The van der Waals surface area contributed by atoms with E-state index in [1.165, 1.54) is 11.1 Å². The van der Waals surface area contributed by atoms with Crippen molar-refractivity contribution in [3.8, 4) is 33.4 Å². The van der Waals surface area contributed by atoms with Crippen molar-refractivity contribution in [2.45, 2.75) is 0 Å². The zero-order valence-corrected chi connectivity index (χ0v) is 27.7. The monoisotopic (exact) mass is 653 g/mol. The first-order chi connectivity index (χ1) is 25.3. The lowest BCUT2D eigenvalue weighted by atomic mass is 9.89. The van der Waals surface area contributed by atoms with Crippen LogP contribution in [0.1, 0.15) is 0 Å². The SMILES string of the molecule is c1ccc(-c2ccc(N(c3cccc(-c4ccccc4)c3-c3cccc4oc5ccccc5c34)c3cccc4oc5ccccc5c34)cc2)cc1. The van der Waals surface area contributed by atoms with E-state index in [4.69, 9.17) is 8.83 Å². The molecule has 240 valence electrons. The number of rotatable bonds is 6. The van der Waals surface area contributed by atoms with E-state index < -0.39 is 0 Å². The van der Waals surface area contributed by atoms with Gasteiger partial charge in [0.1, 0.15) is 22.3 Å². The first-order valence-corrected chi connectivity index (χ1v) is 17.3. The molecule has 0 saturated heterocycles. The van der Waals surface area contributed by atoms with Crippen molar-refractivity contribution in [3.05, 3.63) is 188 Å². The molecule has 0 spiro atoms. The molecule has 0 aliphatic heterocycles. The summed E-state index contributed by atoms with van der Waals surface area (Å²) < 4.78 is 12.9. The molecule has 3 heteroatoms. The van der Waals surface area contributed by atoms with Gasteiger partial charge in [0.25, 0.3) is 0 Å². The average molecular weight is 654 g/mol. The highest BCUT2D eigenvalue weighted by atomic mass is 16.3. The lowest BCUT2D eigenvalue weighted by Gasteiger charge is -2.30. The van der Waals surface area contributed by atoms with Gasteiger partial charge >= 0.3 is 0 Å². The highest BCUT2D eigenvalue weighted by molar-refractivity contribution is 6.18. The summed E-state index contributed by atoms with van der Waals surface area (Å²) in [5, 5.41) is 4.35. The van der Waals surface area contributed by atoms with E-state index in [1.807, 2.05) is 18.2 Å². The zero-order valence-electron chi connectivity index (χ0n) is 27.7. The molecule has 0 saturated carbocycles. The Labute approximate surface area is 295 Å². The minimum absolute atomic E-state index is 0.850. The summed E-state index contributed by atoms with van der Waals surface area (Å²) in [6, 6.07) is 66.2. The van der Waals surface area contributed by atoms with Gasteiger partial charge in [0.15, 0.2) is 0 Å². The van der Waals surface area contributed by atoms with Gasteiger partial charge in [-0.1, -0.05) is 140 Å². The number of anilines is 3. The highest BCUT2D eigenvalue weighted by Crippen LogP contribution is 2.50. The van der Waals surface area contributed by atoms with Gasteiger partial charge in [0, 0.05) is 27.4 Å². The fourth-order valence-corrected chi connectivity index (χ4v) is 7.63. The second-order valence-corrected chi connectivity index (χ2v) is 12.8. The molecule has 2 heterocycles. The molecule has 0 aliphatic carbocycles. The van der Waals surface area contributed by atoms with Crippen LogP contribution in [0, 0.1) is 0 Å². The highest BCUT2D eigenvalue weighted by Gasteiger charge is 2.25. The summed E-state index contributed by atoms with van der Waals surface area (Å²) in [5.41, 5.74) is 13.5. The molecule has 3 nitrogen and oxygen atoms in total. The Kier molecular flexibility index (Phi) is 6.81. The largest absolute Gasteiger partial charge is 0.456 e. The van der Waals surface area contributed by atoms with Crippen molar-refractivity contribution in [1.82, 2.24) is 0 Å². The van der Waals surface area contributed by atoms with Crippen LogP contribution in [0.3, 0.4) is 0 Å². The van der Waals surface area contributed by atoms with Crippen LogP contribution in [0.25, 0.3) is 77.3 Å². The molecular formula is C48H31NO2. The summed E-state index contributed by atoms with van der Waals surface area (Å²) >= 11 is 0. The van der Waals surface area contributed by atoms with Crippen LogP contribution in [0.5, 0.6) is 0 Å². The number of nitrogens with zero attached hydrogens (tertiary/aromatic N) is 1. The van der Waals surface area contributed by atoms with Crippen LogP contribution in [-0.2, 0) is 0 Å². The second-order valence-electron chi connectivity index (χ2n) is 12.8. The maximum atomic E-state index is 6.46. The van der Waals surface area contributed by atoms with Gasteiger partial charge in [-0.2, -0.15) is 0 Å². The molecule has 2 aromatic heterocycles. The average Bonchev–Trinajstić information content (AvgIpc) is 3.78. The van der Waals surface area contributed by atoms with Gasteiger partial charge in [0.05, 0.1) is 16.8 Å². The predicted molar refractivity (Wildman–Crippen MR) is 212 cm³/mol. The van der Waals surface area contributed by atoms with Gasteiger partial charge in [-0.15, -0.1) is 0 Å². The Hall–Kier alpha value is -6.84. The van der Waals surface area contributed by atoms with Crippen molar-refractivity contribution in [3.63, 3.8) is 0 Å². The van der Waals surface area contributed by atoms with E-state index in [-0.39, 0.29) is 0 Å². The summed E-state index contributed by atoms with van der Waals surface area (Å²) in [7, 11) is 0. The van der Waals surface area contributed by atoms with Crippen LogP contribution in [0.15, 0.2) is 197 Å². The van der Waals surface area contributed by atoms with Gasteiger partial charge in [-0.3, -0.25) is 0 Å². The van der Waals surface area contributed by atoms with Gasteiger partial charge in [0.2, 0.25) is 0 Å². The second kappa shape index (κ2) is 11.9. The fraction of sp³-hybridized carbons (Fsp3) is 0. The van der Waals surface area contributed by atoms with Crippen molar-refractivity contribution >= 4 is 60.9 Å². The summed E-state index contributed by atoms with van der Waals surface area (Å²) in [4.78, 5) is 2.40. The first-order valence-electron chi connectivity index (χ1n) is 17.3. The Morgan fingerprint density at radius 2 is 0.804 bits per heavy atom. The standard InChI is InChI=1S/C48H31NO2/c1-3-14-32(15-4-1)33-28-30-35(31-29-33)49(41-23-13-27-45-48(41)38-19-8-10-25-43(38)51-45)40-22-11-20-36(34-16-5-2-6-17-34)46(40)39-21-12-26-44-47(39)37-18-7-9-24-42(37)50-44/h1-31H. The molecule has 0 radical (unpaired) electrons. The molecule has 0 bridgehead atoms. The molecule has 0 amide bonds. The van der Waals surface area contributed by atoms with E-state index in [9.17, 15) is 0 Å². The third-order valence-corrected chi connectivity index (χ3v) is 9.89. The van der Waals surface area contributed by atoms with Crippen molar-refractivity contribution < 1.29 is 8.83 Å². The smallest absolute Gasteiger partial charge is 0.137 e. The summed E-state index contributed by atoms with van der Waals surface area (Å²) in [6.07, 6.45) is 0. The molecule has 0 atom stereocenters. The van der Waals surface area contributed by atoms with Crippen molar-refractivity contribution in [2.24, 2.45) is 0 Å². The lowest BCUT2D eigenvalue weighted by Crippen LogP contribution is -2.12. The number of fused-ring (bicyclic) bond motifs is 6. The van der Waals surface area contributed by atoms with Crippen LogP contribution in [0.4, 0.5) is 17.1 Å². The summed E-state index contributed by atoms with van der Waals surface area (Å²) in [5.74, 6) is 0. The van der Waals surface area contributed by atoms with Crippen molar-refractivity contribution in [1.29, 1.82) is 0 Å². The van der Waals surface area contributed by atoms with Crippen LogP contribution in [0.2, 0.25) is 0 Å². The Bertz CT molecular complexity index is 2850. The molecule has 0 aliphatic rings. The van der Waals surface area contributed by atoms with Crippen LogP contribution >= 0.6 is 0 Å². The Balaban J connectivity index is 1.32. The zero-order chi connectivity index (χ0) is 33.7. The molecule has 0 N–H and O–H groups in total. The predicted octanol–water partition coefficient (Wildman–Crippen LogP) is 14.0. The minimum atomic E-state index is 0.850. The third kappa shape index (κ3) is 4.82. The van der Waals surface area contributed by atoms with Gasteiger partial charge in [-0.05, 0) is 76.3 Å². The van der Waals surface area contributed by atoms with E-state index in [1.54, 1.807) is 0 Å². The maximum Gasteiger partial charge on any atom is 0.137 e. The topological polar surface area (TPSA) is 29.5 Å². The Morgan fingerprint density at radius 1 is 0.314 bits per heavy atom. The number of hydrogen-bond acceptors (Lipinski definition) is 3. The molecule has 51 heavy (non-hydrogen) atoms. The Morgan fingerprint density at radius 3 is 1.51 bits per heavy atom. The molecule has 10 aromatic rings. The van der Waals surface area contributed by atoms with E-state index in [2.05, 4.69) is 175 Å². The van der Waals surface area contributed by atoms with Gasteiger partial charge in [-0.25, -0.2) is 0 Å². The fourth-order valence-electron chi connectivity index (χ4n) is 7.63. The van der Waals surface area contributed by atoms with E-state index in [0.717, 1.165) is 83.2 Å². The van der Waals surface area contributed by atoms with Gasteiger partial charge < -0.3 is 13.7 Å². The summed E-state index contributed by atoms with van der Waals surface area (Å²) in [6.45, 7) is 0. The van der Waals surface area contributed by atoms with E-state index in [0.29, 0.717) is 0 Å². The molecule has 10 rings (SSSR count). The number of hydrogen-bond donors (Lipinski definition) is 0. The number of furan rings is 2. The quantitative estimate of drug-likeness (QED) is 0.179. The maximum absolute atomic E-state index is 6.46. The van der Waals surface area contributed by atoms with E-state index >= 15 is 0 Å². The molecule has 0 unspecified atom stereocenters. The lowest BCUT2D eigenvalue weighted by molar-refractivity contribution is 0.668. The van der Waals surface area contributed by atoms with Crippen LogP contribution < -0.4 is 4.90 Å². The van der Waals surface area contributed by atoms with Crippen molar-refractivity contribution in [2.75, 3.05) is 4.90 Å². The molecule has 8 aromatic carbocycles. The van der Waals surface area contributed by atoms with Crippen LogP contribution in [-0.4, -0.2) is 0 Å². The molecular weight excluding hydrogens is 623 g/mol. The number of para-hydroxylation sites is 2. The normalized spacial score (nSPS) is 11.5. The molecule has 0 fully saturated rings.